The fourth-order valence-electron chi connectivity index (χ4n) is 5.61. The number of hydrogen-bond acceptors (Lipinski definition) is 4. The summed E-state index contributed by atoms with van der Waals surface area (Å²) >= 11 is 0. The zero-order chi connectivity index (χ0) is 25.8. The molecular formula is C30H30N2O5. The Kier molecular flexibility index (Phi) is 7.32. The number of hydrogen-bond donors (Lipinski definition) is 1. The second kappa shape index (κ2) is 11.0. The number of aliphatic carboxylic acids is 1. The molecular weight excluding hydrogens is 468 g/mol. The zero-order valence-electron chi connectivity index (χ0n) is 20.5. The maximum atomic E-state index is 14.1. The smallest absolute Gasteiger partial charge is 0.326 e. The quantitative estimate of drug-likeness (QED) is 0.540. The molecule has 5 rings (SSSR count). The van der Waals surface area contributed by atoms with Crippen LogP contribution < -0.4 is 0 Å². The van der Waals surface area contributed by atoms with E-state index < -0.39 is 24.0 Å². The van der Waals surface area contributed by atoms with Crippen molar-refractivity contribution in [1.82, 2.24) is 9.80 Å². The third kappa shape index (κ3) is 5.27. The van der Waals surface area contributed by atoms with Gasteiger partial charge >= 0.3 is 5.97 Å². The Morgan fingerprint density at radius 1 is 0.892 bits per heavy atom. The van der Waals surface area contributed by atoms with Gasteiger partial charge < -0.3 is 19.6 Å². The lowest BCUT2D eigenvalue weighted by atomic mass is 9.90. The fourth-order valence-corrected chi connectivity index (χ4v) is 5.61. The molecule has 37 heavy (non-hydrogen) atoms. The van der Waals surface area contributed by atoms with E-state index >= 15 is 0 Å². The molecule has 3 atom stereocenters. The Bertz CT molecular complexity index is 1200. The first-order valence-electron chi connectivity index (χ1n) is 12.6. The van der Waals surface area contributed by atoms with Gasteiger partial charge in [-0.25, -0.2) is 4.79 Å². The highest BCUT2D eigenvalue weighted by atomic mass is 16.5. The minimum absolute atomic E-state index is 0.0376. The van der Waals surface area contributed by atoms with Gasteiger partial charge in [0.25, 0.3) is 0 Å². The Morgan fingerprint density at radius 3 is 2.03 bits per heavy atom. The molecule has 0 aromatic heterocycles. The predicted molar refractivity (Wildman–Crippen MR) is 138 cm³/mol. The van der Waals surface area contributed by atoms with Gasteiger partial charge in [-0.15, -0.1) is 0 Å². The number of amides is 2. The molecule has 0 radical (unpaired) electrons. The molecule has 7 nitrogen and oxygen atoms in total. The Hall–Kier alpha value is -3.97. The van der Waals surface area contributed by atoms with Gasteiger partial charge in [0.05, 0.1) is 24.6 Å². The van der Waals surface area contributed by atoms with Crippen LogP contribution in [0.25, 0.3) is 0 Å². The molecule has 0 spiro atoms. The van der Waals surface area contributed by atoms with E-state index in [1.807, 2.05) is 91.0 Å². The summed E-state index contributed by atoms with van der Waals surface area (Å²) in [6.45, 7) is 0.507. The average Bonchev–Trinajstić information content (AvgIpc) is 3.36. The van der Waals surface area contributed by atoms with Crippen molar-refractivity contribution in [3.05, 3.63) is 108 Å². The van der Waals surface area contributed by atoms with Gasteiger partial charge in [-0.1, -0.05) is 91.0 Å². The highest BCUT2D eigenvalue weighted by Gasteiger charge is 2.47. The van der Waals surface area contributed by atoms with Gasteiger partial charge in [-0.2, -0.15) is 0 Å². The van der Waals surface area contributed by atoms with Gasteiger partial charge in [-0.05, 0) is 23.1 Å². The lowest BCUT2D eigenvalue weighted by molar-refractivity contribution is -0.152. The third-order valence-corrected chi connectivity index (χ3v) is 7.28. The summed E-state index contributed by atoms with van der Waals surface area (Å²) in [6.07, 6.45) is 0.791. The first-order valence-corrected chi connectivity index (χ1v) is 12.6. The van der Waals surface area contributed by atoms with Crippen LogP contribution in [0, 0.1) is 0 Å². The summed E-state index contributed by atoms with van der Waals surface area (Å²) in [6, 6.07) is 27.1. The molecule has 0 saturated carbocycles. The van der Waals surface area contributed by atoms with Gasteiger partial charge in [0.1, 0.15) is 12.6 Å². The topological polar surface area (TPSA) is 87.2 Å². The van der Waals surface area contributed by atoms with Gasteiger partial charge in [-0.3, -0.25) is 9.59 Å². The Morgan fingerprint density at radius 2 is 1.46 bits per heavy atom. The lowest BCUT2D eigenvalue weighted by Crippen LogP contribution is -2.56. The van der Waals surface area contributed by atoms with Crippen LogP contribution in [0.5, 0.6) is 0 Å². The van der Waals surface area contributed by atoms with Crippen LogP contribution in [-0.4, -0.2) is 70.6 Å². The second-order valence-electron chi connectivity index (χ2n) is 9.65. The SMILES string of the molecule is O=C(O)[C@@H]1C[C@H](N2C(=O)COCC2Cc2ccccc2)CN1C(=O)C(c1ccccc1)c1ccccc1. The largest absolute Gasteiger partial charge is 0.480 e. The predicted octanol–water partition coefficient (Wildman–Crippen LogP) is 3.34. The number of benzene rings is 3. The van der Waals surface area contributed by atoms with E-state index in [1.165, 1.54) is 4.90 Å². The lowest BCUT2D eigenvalue weighted by Gasteiger charge is -2.39. The molecule has 0 aliphatic carbocycles. The highest BCUT2D eigenvalue weighted by Crippen LogP contribution is 2.33. The number of carbonyl (C=O) groups excluding carboxylic acids is 2. The second-order valence-corrected chi connectivity index (χ2v) is 9.65. The molecule has 1 N–H and O–H groups in total. The summed E-state index contributed by atoms with van der Waals surface area (Å²) in [5.41, 5.74) is 2.68. The van der Waals surface area contributed by atoms with Crippen molar-refractivity contribution in [2.45, 2.75) is 36.9 Å². The van der Waals surface area contributed by atoms with Crippen LogP contribution in [-0.2, 0) is 25.5 Å². The Balaban J connectivity index is 1.44. The minimum atomic E-state index is -1.06. The van der Waals surface area contributed by atoms with Crippen LogP contribution in [0.15, 0.2) is 91.0 Å². The Labute approximate surface area is 216 Å². The van der Waals surface area contributed by atoms with Crippen LogP contribution in [0.4, 0.5) is 0 Å². The normalized spacial score (nSPS) is 21.9. The molecule has 2 amide bonds. The number of carboxylic acid groups (broad SMARTS) is 1. The van der Waals surface area contributed by atoms with E-state index in [4.69, 9.17) is 4.74 Å². The number of nitrogens with zero attached hydrogens (tertiary/aromatic N) is 2. The van der Waals surface area contributed by atoms with Crippen LogP contribution in [0.3, 0.4) is 0 Å². The molecule has 2 fully saturated rings. The molecule has 2 aliphatic heterocycles. The molecule has 2 heterocycles. The highest BCUT2D eigenvalue weighted by molar-refractivity contribution is 5.91. The average molecular weight is 499 g/mol. The number of ether oxygens (including phenoxy) is 1. The molecule has 7 heteroatoms. The number of carboxylic acids is 1. The summed E-state index contributed by atoms with van der Waals surface area (Å²) < 4.78 is 5.57. The van der Waals surface area contributed by atoms with Crippen LogP contribution in [0.1, 0.15) is 29.0 Å². The molecule has 2 saturated heterocycles. The molecule has 2 aliphatic rings. The first-order chi connectivity index (χ1) is 18.0. The molecule has 0 bridgehead atoms. The standard InChI is InChI=1S/C30H30N2O5/c33-27-20-37-19-25(16-21-10-4-1-5-11-21)32(27)24-17-26(30(35)36)31(18-24)29(34)28(22-12-6-2-7-13-22)23-14-8-3-9-15-23/h1-15,24-26,28H,16-20H2,(H,35,36)/t24-,25?,26-/m0/s1. The summed E-state index contributed by atoms with van der Waals surface area (Å²) in [4.78, 5) is 42.7. The van der Waals surface area contributed by atoms with Crippen LogP contribution >= 0.6 is 0 Å². The van der Waals surface area contributed by atoms with E-state index in [9.17, 15) is 19.5 Å². The maximum absolute atomic E-state index is 14.1. The van der Waals surface area contributed by atoms with Gasteiger partial charge in [0.15, 0.2) is 0 Å². The van der Waals surface area contributed by atoms with Crippen molar-refractivity contribution in [3.8, 4) is 0 Å². The van der Waals surface area contributed by atoms with Crippen molar-refractivity contribution in [3.63, 3.8) is 0 Å². The van der Waals surface area contributed by atoms with Gasteiger partial charge in [0, 0.05) is 13.0 Å². The van der Waals surface area contributed by atoms with E-state index in [0.29, 0.717) is 13.0 Å². The van der Waals surface area contributed by atoms with Crippen molar-refractivity contribution < 1.29 is 24.2 Å². The van der Waals surface area contributed by atoms with E-state index in [1.54, 1.807) is 4.90 Å². The van der Waals surface area contributed by atoms with E-state index in [0.717, 1.165) is 16.7 Å². The number of likely N-dealkylation sites (tertiary alicyclic amines) is 1. The molecule has 1 unspecified atom stereocenters. The zero-order valence-corrected chi connectivity index (χ0v) is 20.5. The van der Waals surface area contributed by atoms with E-state index in [2.05, 4.69) is 0 Å². The number of morpholine rings is 1. The van der Waals surface area contributed by atoms with Crippen molar-refractivity contribution in [1.29, 1.82) is 0 Å². The molecule has 3 aromatic rings. The first kappa shape index (κ1) is 24.7. The molecule has 190 valence electrons. The summed E-state index contributed by atoms with van der Waals surface area (Å²) in [5.74, 6) is -2.13. The van der Waals surface area contributed by atoms with Crippen LogP contribution in [0.2, 0.25) is 0 Å². The summed E-state index contributed by atoms with van der Waals surface area (Å²) in [5, 5.41) is 10.1. The number of carbonyl (C=O) groups is 3. The van der Waals surface area contributed by atoms with E-state index in [-0.39, 0.29) is 37.4 Å². The van der Waals surface area contributed by atoms with Crippen molar-refractivity contribution in [2.24, 2.45) is 0 Å². The summed E-state index contributed by atoms with van der Waals surface area (Å²) in [7, 11) is 0. The van der Waals surface area contributed by atoms with Crippen molar-refractivity contribution >= 4 is 17.8 Å². The fraction of sp³-hybridized carbons (Fsp3) is 0.300. The number of rotatable bonds is 7. The maximum Gasteiger partial charge on any atom is 0.326 e. The van der Waals surface area contributed by atoms with Gasteiger partial charge in [0.2, 0.25) is 11.8 Å². The molecule has 3 aromatic carbocycles. The minimum Gasteiger partial charge on any atom is -0.480 e. The third-order valence-electron chi connectivity index (χ3n) is 7.28. The monoisotopic (exact) mass is 498 g/mol. The van der Waals surface area contributed by atoms with Crippen molar-refractivity contribution in [2.75, 3.05) is 19.8 Å².